The predicted molar refractivity (Wildman–Crippen MR) is 77.4 cm³/mol. The van der Waals surface area contributed by atoms with E-state index >= 15 is 0 Å². The predicted octanol–water partition coefficient (Wildman–Crippen LogP) is 2.09. The molecule has 1 aromatic heterocycles. The Balaban J connectivity index is 2.13. The molecule has 108 valence electrons. The van der Waals surface area contributed by atoms with E-state index in [0.717, 1.165) is 5.57 Å². The molecule has 7 heteroatoms. The summed E-state index contributed by atoms with van der Waals surface area (Å²) >= 11 is 0. The number of benzene rings is 1. The van der Waals surface area contributed by atoms with Gasteiger partial charge in [-0.05, 0) is 25.1 Å². The standard InChI is InChI=1S/C14H14N4O3/c1-10(2)9-15-14(19)13-7-8-17(16-13)11-3-5-12(6-4-11)18(20)21/h3-8H,1,9H2,2H3,(H,15,19). The van der Waals surface area contributed by atoms with E-state index in [-0.39, 0.29) is 17.3 Å². The molecule has 1 amide bonds. The Kier molecular flexibility index (Phi) is 4.13. The molecular formula is C14H14N4O3. The van der Waals surface area contributed by atoms with Crippen molar-refractivity contribution < 1.29 is 9.72 Å². The average molecular weight is 286 g/mol. The van der Waals surface area contributed by atoms with Crippen LogP contribution in [-0.4, -0.2) is 27.2 Å². The lowest BCUT2D eigenvalue weighted by Crippen LogP contribution is -2.25. The fraction of sp³-hybridized carbons (Fsp3) is 0.143. The second-order valence-corrected chi connectivity index (χ2v) is 4.56. The molecule has 1 aromatic carbocycles. The van der Waals surface area contributed by atoms with Crippen LogP contribution in [0.4, 0.5) is 5.69 Å². The number of nitro groups is 1. The molecule has 2 rings (SSSR count). The van der Waals surface area contributed by atoms with E-state index in [4.69, 9.17) is 0 Å². The fourth-order valence-electron chi connectivity index (χ4n) is 1.64. The number of nitro benzene ring substituents is 1. The molecule has 7 nitrogen and oxygen atoms in total. The molecule has 0 atom stereocenters. The van der Waals surface area contributed by atoms with E-state index < -0.39 is 4.92 Å². The summed E-state index contributed by atoms with van der Waals surface area (Å²) in [6, 6.07) is 7.49. The Bertz CT molecular complexity index is 688. The van der Waals surface area contributed by atoms with Gasteiger partial charge in [-0.25, -0.2) is 4.68 Å². The second kappa shape index (κ2) is 6.00. The zero-order valence-corrected chi connectivity index (χ0v) is 11.4. The summed E-state index contributed by atoms with van der Waals surface area (Å²) in [5.41, 5.74) is 1.76. The van der Waals surface area contributed by atoms with Gasteiger partial charge in [0, 0.05) is 24.9 Å². The maximum atomic E-state index is 11.8. The number of aromatic nitrogens is 2. The van der Waals surface area contributed by atoms with Gasteiger partial charge in [0.25, 0.3) is 11.6 Å². The number of nitrogens with zero attached hydrogens (tertiary/aromatic N) is 3. The van der Waals surface area contributed by atoms with Gasteiger partial charge in [-0.2, -0.15) is 5.10 Å². The van der Waals surface area contributed by atoms with Crippen molar-refractivity contribution in [2.45, 2.75) is 6.92 Å². The summed E-state index contributed by atoms with van der Waals surface area (Å²) < 4.78 is 1.49. The Labute approximate surface area is 121 Å². The van der Waals surface area contributed by atoms with Crippen LogP contribution in [0.5, 0.6) is 0 Å². The van der Waals surface area contributed by atoms with Crippen LogP contribution >= 0.6 is 0 Å². The summed E-state index contributed by atoms with van der Waals surface area (Å²) in [5, 5.41) is 17.4. The van der Waals surface area contributed by atoms with E-state index in [1.54, 1.807) is 24.4 Å². The molecule has 1 heterocycles. The number of hydrogen-bond donors (Lipinski definition) is 1. The van der Waals surface area contributed by atoms with Crippen molar-refractivity contribution in [1.29, 1.82) is 0 Å². The summed E-state index contributed by atoms with van der Waals surface area (Å²) in [5.74, 6) is -0.293. The van der Waals surface area contributed by atoms with Gasteiger partial charge in [-0.1, -0.05) is 12.2 Å². The zero-order chi connectivity index (χ0) is 15.4. The van der Waals surface area contributed by atoms with Gasteiger partial charge in [0.05, 0.1) is 10.6 Å². The number of carbonyl (C=O) groups is 1. The highest BCUT2D eigenvalue weighted by Crippen LogP contribution is 2.14. The van der Waals surface area contributed by atoms with Crippen LogP contribution in [0.1, 0.15) is 17.4 Å². The smallest absolute Gasteiger partial charge is 0.272 e. The third-order valence-electron chi connectivity index (χ3n) is 2.70. The first-order valence-corrected chi connectivity index (χ1v) is 6.20. The lowest BCUT2D eigenvalue weighted by atomic mass is 10.3. The molecule has 0 saturated heterocycles. The van der Waals surface area contributed by atoms with Crippen molar-refractivity contribution in [3.63, 3.8) is 0 Å². The van der Waals surface area contributed by atoms with Gasteiger partial charge in [0.15, 0.2) is 5.69 Å². The molecule has 0 bridgehead atoms. The molecule has 2 aromatic rings. The van der Waals surface area contributed by atoms with Gasteiger partial charge in [0.1, 0.15) is 0 Å². The first-order chi connectivity index (χ1) is 9.97. The number of rotatable bonds is 5. The number of hydrogen-bond acceptors (Lipinski definition) is 4. The topological polar surface area (TPSA) is 90.1 Å². The maximum Gasteiger partial charge on any atom is 0.272 e. The first kappa shape index (κ1) is 14.4. The summed E-state index contributed by atoms with van der Waals surface area (Å²) in [7, 11) is 0. The molecular weight excluding hydrogens is 272 g/mol. The van der Waals surface area contributed by atoms with E-state index in [1.165, 1.54) is 16.8 Å². The molecule has 0 saturated carbocycles. The maximum absolute atomic E-state index is 11.8. The van der Waals surface area contributed by atoms with Crippen molar-refractivity contribution in [2.24, 2.45) is 0 Å². The Morgan fingerprint density at radius 3 is 2.62 bits per heavy atom. The number of carbonyl (C=O) groups excluding carboxylic acids is 1. The quantitative estimate of drug-likeness (QED) is 0.517. The van der Waals surface area contributed by atoms with Crippen molar-refractivity contribution >= 4 is 11.6 Å². The van der Waals surface area contributed by atoms with Crippen molar-refractivity contribution in [3.8, 4) is 5.69 Å². The fourth-order valence-corrected chi connectivity index (χ4v) is 1.64. The summed E-state index contributed by atoms with van der Waals surface area (Å²) in [6.45, 7) is 5.91. The van der Waals surface area contributed by atoms with Crippen molar-refractivity contribution in [1.82, 2.24) is 15.1 Å². The molecule has 0 aliphatic heterocycles. The van der Waals surface area contributed by atoms with Crippen LogP contribution in [-0.2, 0) is 0 Å². The van der Waals surface area contributed by atoms with E-state index in [9.17, 15) is 14.9 Å². The highest BCUT2D eigenvalue weighted by molar-refractivity contribution is 5.92. The number of non-ortho nitro benzene ring substituents is 1. The summed E-state index contributed by atoms with van der Waals surface area (Å²) in [4.78, 5) is 21.9. The molecule has 0 fully saturated rings. The highest BCUT2D eigenvalue weighted by Gasteiger charge is 2.10. The molecule has 0 unspecified atom stereocenters. The average Bonchev–Trinajstić information content (AvgIpc) is 2.94. The molecule has 21 heavy (non-hydrogen) atoms. The van der Waals surface area contributed by atoms with E-state index in [1.807, 2.05) is 6.92 Å². The molecule has 0 aliphatic carbocycles. The zero-order valence-electron chi connectivity index (χ0n) is 11.4. The monoisotopic (exact) mass is 286 g/mol. The Hall–Kier alpha value is -2.96. The molecule has 0 radical (unpaired) electrons. The van der Waals surface area contributed by atoms with Gasteiger partial charge >= 0.3 is 0 Å². The van der Waals surface area contributed by atoms with Crippen LogP contribution in [0.15, 0.2) is 48.7 Å². The minimum Gasteiger partial charge on any atom is -0.347 e. The molecule has 0 aliphatic rings. The third kappa shape index (κ3) is 3.53. The lowest BCUT2D eigenvalue weighted by molar-refractivity contribution is -0.384. The van der Waals surface area contributed by atoms with Crippen LogP contribution in [0.2, 0.25) is 0 Å². The second-order valence-electron chi connectivity index (χ2n) is 4.56. The molecule has 0 spiro atoms. The lowest BCUT2D eigenvalue weighted by Gasteiger charge is -2.02. The van der Waals surface area contributed by atoms with Gasteiger partial charge < -0.3 is 5.32 Å². The minimum atomic E-state index is -0.469. The normalized spacial score (nSPS) is 10.1. The highest BCUT2D eigenvalue weighted by atomic mass is 16.6. The van der Waals surface area contributed by atoms with Gasteiger partial charge in [-0.3, -0.25) is 14.9 Å². The number of amides is 1. The first-order valence-electron chi connectivity index (χ1n) is 6.20. The van der Waals surface area contributed by atoms with Crippen LogP contribution in [0, 0.1) is 10.1 Å². The van der Waals surface area contributed by atoms with E-state index in [2.05, 4.69) is 17.0 Å². The van der Waals surface area contributed by atoms with Crippen molar-refractivity contribution in [3.05, 3.63) is 64.5 Å². The SMILES string of the molecule is C=C(C)CNC(=O)c1ccn(-c2ccc([N+](=O)[O-])cc2)n1. The van der Waals surface area contributed by atoms with Crippen LogP contribution in [0.25, 0.3) is 5.69 Å². The molecule has 1 N–H and O–H groups in total. The van der Waals surface area contributed by atoms with Crippen LogP contribution < -0.4 is 5.32 Å². The van der Waals surface area contributed by atoms with Gasteiger partial charge in [0.2, 0.25) is 0 Å². The van der Waals surface area contributed by atoms with Crippen LogP contribution in [0.3, 0.4) is 0 Å². The minimum absolute atomic E-state index is 0.00494. The Morgan fingerprint density at radius 1 is 1.38 bits per heavy atom. The van der Waals surface area contributed by atoms with E-state index in [0.29, 0.717) is 12.2 Å². The largest absolute Gasteiger partial charge is 0.347 e. The Morgan fingerprint density at radius 2 is 2.05 bits per heavy atom. The van der Waals surface area contributed by atoms with Gasteiger partial charge in [-0.15, -0.1) is 0 Å². The number of nitrogens with one attached hydrogen (secondary N) is 1. The third-order valence-corrected chi connectivity index (χ3v) is 2.70. The summed E-state index contributed by atoms with van der Waals surface area (Å²) in [6.07, 6.45) is 1.62. The van der Waals surface area contributed by atoms with Crippen molar-refractivity contribution in [2.75, 3.05) is 6.54 Å².